The fraction of sp³-hybridized carbons (Fsp3) is 0.778. The van der Waals surface area contributed by atoms with Gasteiger partial charge in [0, 0.05) is 27.5 Å². The van der Waals surface area contributed by atoms with Crippen molar-refractivity contribution in [2.75, 3.05) is 38.1 Å². The molecule has 2 saturated heterocycles. The minimum Gasteiger partial charge on any atom is -0.444 e. The van der Waals surface area contributed by atoms with Crippen LogP contribution in [0.1, 0.15) is 76.0 Å². The lowest BCUT2D eigenvalue weighted by molar-refractivity contribution is -0.00382. The summed E-state index contributed by atoms with van der Waals surface area (Å²) in [6.45, 7) is 14.0. The molecule has 2 amide bonds. The van der Waals surface area contributed by atoms with Crippen molar-refractivity contribution in [1.29, 1.82) is 0 Å². The highest BCUT2D eigenvalue weighted by molar-refractivity contribution is 9.09. The molecule has 8 nitrogen and oxygen atoms in total. The maximum atomic E-state index is 11.8. The Morgan fingerprint density at radius 3 is 1.58 bits per heavy atom. The molecule has 0 unspecified atom stereocenters. The lowest BCUT2D eigenvalue weighted by Gasteiger charge is -2.33. The van der Waals surface area contributed by atoms with Crippen LogP contribution in [0.25, 0.3) is 0 Å². The molecular weight excluding hydrogens is 528 g/mol. The number of hydrogen-bond acceptors (Lipinski definition) is 6. The molecule has 36 heavy (non-hydrogen) atoms. The molecule has 1 N–H and O–H groups in total. The molecule has 0 aromatic carbocycles. The minimum atomic E-state index is -0.437. The van der Waals surface area contributed by atoms with Crippen LogP contribution in [0.2, 0.25) is 0 Å². The highest BCUT2D eigenvalue weighted by atomic mass is 79.9. The van der Waals surface area contributed by atoms with Crippen LogP contribution in [-0.2, 0) is 14.2 Å². The third-order valence-electron chi connectivity index (χ3n) is 4.69. The third-order valence-corrected chi connectivity index (χ3v) is 5.01. The van der Waals surface area contributed by atoms with Gasteiger partial charge in [0.05, 0.1) is 17.5 Å². The monoisotopic (exact) mass is 576 g/mol. The van der Waals surface area contributed by atoms with Crippen LogP contribution in [0.5, 0.6) is 0 Å². The van der Waals surface area contributed by atoms with Gasteiger partial charge in [0.2, 0.25) is 0 Å². The van der Waals surface area contributed by atoms with Gasteiger partial charge in [-0.2, -0.15) is 0 Å². The lowest BCUT2D eigenvalue weighted by Crippen LogP contribution is -2.43. The summed E-state index contributed by atoms with van der Waals surface area (Å²) in [5.74, 6) is 4.80. The van der Waals surface area contributed by atoms with Crippen molar-refractivity contribution in [2.24, 2.45) is 0 Å². The van der Waals surface area contributed by atoms with Gasteiger partial charge in [0.15, 0.2) is 0 Å². The fourth-order valence-corrected chi connectivity index (χ4v) is 3.07. The van der Waals surface area contributed by atoms with Gasteiger partial charge in [-0.25, -0.2) is 9.59 Å². The minimum absolute atomic E-state index is 0.171. The van der Waals surface area contributed by atoms with E-state index in [-0.39, 0.29) is 24.4 Å². The zero-order chi connectivity index (χ0) is 29.1. The Labute approximate surface area is 228 Å². The molecule has 2 aliphatic heterocycles. The van der Waals surface area contributed by atoms with Gasteiger partial charge >= 0.3 is 12.2 Å². The first-order valence-corrected chi connectivity index (χ1v) is 13.0. The molecule has 2 heterocycles. The molecule has 0 atom stereocenters. The average molecular weight is 578 g/mol. The van der Waals surface area contributed by atoms with E-state index in [0.717, 1.165) is 12.8 Å². The number of carbonyl (C=O) groups excluding carboxylic acids is 2. The number of aliphatic hydroxyl groups is 1. The number of terminal acetylenes is 2. The molecule has 0 bridgehead atoms. The van der Waals surface area contributed by atoms with E-state index in [2.05, 4.69) is 27.8 Å². The van der Waals surface area contributed by atoms with Gasteiger partial charge in [0.1, 0.15) is 17.8 Å². The Morgan fingerprint density at radius 1 is 0.917 bits per heavy atom. The normalized spacial score (nSPS) is 16.7. The first-order chi connectivity index (χ1) is 17.2. The number of ether oxygens (including phenoxy) is 3. The zero-order valence-electron chi connectivity index (χ0n) is 24.1. The van der Waals surface area contributed by atoms with Crippen molar-refractivity contribution in [2.45, 2.75) is 98.0 Å². The van der Waals surface area contributed by atoms with E-state index in [1.807, 2.05) is 41.5 Å². The van der Waals surface area contributed by atoms with Crippen LogP contribution in [0.4, 0.5) is 9.59 Å². The van der Waals surface area contributed by atoms with E-state index < -0.39 is 11.2 Å². The number of hydrogen-bond donors (Lipinski definition) is 1. The fourth-order valence-electron chi connectivity index (χ4n) is 3.07. The van der Waals surface area contributed by atoms with Gasteiger partial charge in [-0.3, -0.25) is 0 Å². The van der Waals surface area contributed by atoms with Crippen molar-refractivity contribution in [3.8, 4) is 24.7 Å². The van der Waals surface area contributed by atoms with Crippen LogP contribution in [0.3, 0.4) is 0 Å². The molecule has 0 aliphatic carbocycles. The summed E-state index contributed by atoms with van der Waals surface area (Å²) >= 11 is 3.01. The maximum Gasteiger partial charge on any atom is 0.410 e. The van der Waals surface area contributed by atoms with Crippen molar-refractivity contribution in [1.82, 2.24) is 9.80 Å². The lowest BCUT2D eigenvalue weighted by atomic mass is 10.1. The second-order valence-electron chi connectivity index (χ2n) is 10.2. The van der Waals surface area contributed by atoms with Gasteiger partial charge in [-0.1, -0.05) is 35.2 Å². The predicted molar refractivity (Wildman–Crippen MR) is 148 cm³/mol. The van der Waals surface area contributed by atoms with E-state index in [4.69, 9.17) is 28.4 Å². The highest BCUT2D eigenvalue weighted by Crippen LogP contribution is 2.17. The number of rotatable bonds is 2. The largest absolute Gasteiger partial charge is 0.444 e. The number of alkyl halides is 1. The third kappa shape index (κ3) is 18.3. The number of halogens is 1. The van der Waals surface area contributed by atoms with E-state index in [1.54, 1.807) is 9.80 Å². The number of aliphatic hydroxyl groups excluding tert-OH is 1. The van der Waals surface area contributed by atoms with Crippen LogP contribution >= 0.6 is 15.9 Å². The summed E-state index contributed by atoms with van der Waals surface area (Å²) in [6, 6.07) is 0. The highest BCUT2D eigenvalue weighted by Gasteiger charge is 2.27. The molecule has 0 radical (unpaired) electrons. The number of carbonyl (C=O) groups is 2. The smallest absolute Gasteiger partial charge is 0.410 e. The molecule has 0 aromatic rings. The second-order valence-corrected chi connectivity index (χ2v) is 10.8. The Balaban J connectivity index is 0. The molecule has 0 saturated carbocycles. The summed E-state index contributed by atoms with van der Waals surface area (Å²) in [5.41, 5.74) is -0.874. The summed E-state index contributed by atoms with van der Waals surface area (Å²) < 4.78 is 21.7. The summed E-state index contributed by atoms with van der Waals surface area (Å²) in [6.07, 6.45) is 12.2. The topological polar surface area (TPSA) is 88.5 Å². The van der Waals surface area contributed by atoms with E-state index in [1.165, 1.54) is 7.40 Å². The quantitative estimate of drug-likeness (QED) is 0.365. The second kappa shape index (κ2) is 18.3. The van der Waals surface area contributed by atoms with E-state index >= 15 is 0 Å². The Kier molecular flexibility index (Phi) is 17.3. The van der Waals surface area contributed by atoms with Gasteiger partial charge in [0.25, 0.3) is 0 Å². The van der Waals surface area contributed by atoms with Gasteiger partial charge in [-0.05, 0) is 67.2 Å². The van der Waals surface area contributed by atoms with Crippen LogP contribution in [-0.4, -0.2) is 88.6 Å². The molecular formula is C27H47BrN2O6. The predicted octanol–water partition coefficient (Wildman–Crippen LogP) is 5.06. The molecule has 208 valence electrons. The SMILES string of the molecule is C#CCBr.C#CCOC1CCN(C(=O)OC(C)(C)C)CC1.CC(C)(C)OC(=O)N1CCC(O)CC1.[3H]C. The first-order valence-electron chi connectivity index (χ1n) is 12.9. The van der Waals surface area contributed by atoms with E-state index in [0.29, 0.717) is 51.0 Å². The molecule has 0 spiro atoms. The van der Waals surface area contributed by atoms with Crippen LogP contribution in [0, 0.1) is 24.7 Å². The van der Waals surface area contributed by atoms with Gasteiger partial charge < -0.3 is 29.1 Å². The zero-order valence-corrected chi connectivity index (χ0v) is 24.7. The first kappa shape index (κ1) is 34.1. The van der Waals surface area contributed by atoms with Gasteiger partial charge in [-0.15, -0.1) is 12.8 Å². The standard InChI is InChI=1S/C13H21NO3.C10H19NO3.C3H3Br.CH4/c1-5-10-16-11-6-8-14(9-7-11)12(15)17-13(2,3)4;1-10(2,3)14-9(13)11-6-4-8(12)5-7-11;1-2-3-4;/h1,11H,6-10H2,2-4H3;8,12H,4-7H2,1-3H3;1H,3H2;1H4/i;;;1T. The van der Waals surface area contributed by atoms with E-state index in [9.17, 15) is 14.7 Å². The van der Waals surface area contributed by atoms with Crippen LogP contribution in [0.15, 0.2) is 0 Å². The number of amides is 2. The molecule has 9 heteroatoms. The molecule has 2 fully saturated rings. The number of nitrogens with zero attached hydrogens (tertiary/aromatic N) is 2. The summed E-state index contributed by atoms with van der Waals surface area (Å²) in [5, 5.41) is 9.92. The number of piperidine rings is 2. The van der Waals surface area contributed by atoms with Crippen molar-refractivity contribution in [3.63, 3.8) is 0 Å². The molecule has 2 aliphatic rings. The average Bonchev–Trinajstić information content (AvgIpc) is 2.83. The number of likely N-dealkylation sites (tertiary alicyclic amines) is 2. The Bertz CT molecular complexity index is 708. The van der Waals surface area contributed by atoms with Crippen molar-refractivity contribution >= 4 is 28.1 Å². The van der Waals surface area contributed by atoms with Crippen LogP contribution < -0.4 is 0 Å². The molecule has 0 aromatic heterocycles. The maximum absolute atomic E-state index is 11.8. The Morgan fingerprint density at radius 2 is 1.28 bits per heavy atom. The molecule has 2 rings (SSSR count). The summed E-state index contributed by atoms with van der Waals surface area (Å²) in [7, 11) is 1.25. The van der Waals surface area contributed by atoms with Crippen molar-refractivity contribution in [3.05, 3.63) is 0 Å². The summed E-state index contributed by atoms with van der Waals surface area (Å²) in [4.78, 5) is 26.7. The Hall–Kier alpha value is -1.94. The van der Waals surface area contributed by atoms with Crippen molar-refractivity contribution < 1.29 is 30.3 Å².